The molecule has 0 saturated heterocycles. The number of nitrogens with zero attached hydrogens (tertiary/aromatic N) is 1. The highest BCUT2D eigenvalue weighted by molar-refractivity contribution is 5.64. The third-order valence-electron chi connectivity index (χ3n) is 3.81. The zero-order chi connectivity index (χ0) is 15.1. The molecule has 100 valence electrons. The van der Waals surface area contributed by atoms with E-state index in [0.29, 0.717) is 0 Å². The number of hydrogen-bond acceptors (Lipinski definition) is 0. The Morgan fingerprint density at radius 3 is 2.42 bits per heavy atom. The summed E-state index contributed by atoms with van der Waals surface area (Å²) in [5, 5.41) is 0. The molecule has 0 N–H and O–H groups in total. The van der Waals surface area contributed by atoms with Gasteiger partial charge in [-0.25, -0.2) is 4.57 Å². The number of rotatable bonds is 2. The Morgan fingerprint density at radius 1 is 1.11 bits per heavy atom. The van der Waals surface area contributed by atoms with Crippen LogP contribution in [0.3, 0.4) is 0 Å². The minimum atomic E-state index is -0.574. The molecule has 1 nitrogen and oxygen atoms in total. The molecule has 0 atom stereocenters. The van der Waals surface area contributed by atoms with Gasteiger partial charge in [-0.2, -0.15) is 0 Å². The molecular weight excluding hydrogens is 230 g/mol. The number of hydrogen-bond donors (Lipinski definition) is 0. The van der Waals surface area contributed by atoms with Crippen LogP contribution >= 0.6 is 0 Å². The van der Waals surface area contributed by atoms with E-state index in [1.807, 2.05) is 19.9 Å². The molecule has 0 radical (unpaired) electrons. The Hall–Kier alpha value is -1.63. The average Bonchev–Trinajstić information content (AvgIpc) is 2.33. The molecule has 0 spiro atoms. The molecule has 0 saturated carbocycles. The summed E-state index contributed by atoms with van der Waals surface area (Å²) < 4.78 is 10.4. The summed E-state index contributed by atoms with van der Waals surface area (Å²) in [6.45, 7) is 10.3. The van der Waals surface area contributed by atoms with Gasteiger partial charge in [-0.3, -0.25) is 0 Å². The molecule has 0 aliphatic rings. The second-order valence-corrected chi connectivity index (χ2v) is 5.67. The van der Waals surface area contributed by atoms with Gasteiger partial charge in [-0.15, -0.1) is 0 Å². The van der Waals surface area contributed by atoms with E-state index in [-0.39, 0.29) is 0 Å². The molecule has 0 amide bonds. The summed E-state index contributed by atoms with van der Waals surface area (Å²) >= 11 is 0. The van der Waals surface area contributed by atoms with Gasteiger partial charge in [-0.1, -0.05) is 25.5 Å². The molecule has 1 heteroatoms. The van der Waals surface area contributed by atoms with E-state index in [2.05, 4.69) is 56.8 Å². The quantitative estimate of drug-likeness (QED) is 0.707. The summed E-state index contributed by atoms with van der Waals surface area (Å²) in [6.07, 6.45) is 2.05. The van der Waals surface area contributed by atoms with Gasteiger partial charge in [0, 0.05) is 19.1 Å². The van der Waals surface area contributed by atoms with Crippen molar-refractivity contribution < 1.29 is 5.94 Å². The highest BCUT2D eigenvalue weighted by atomic mass is 14.9. The number of benzene rings is 1. The zero-order valence-corrected chi connectivity index (χ0v) is 12.8. The maximum absolute atomic E-state index is 8.23. The molecule has 0 unspecified atom stereocenters. The summed E-state index contributed by atoms with van der Waals surface area (Å²) in [5.41, 5.74) is 7.38. The van der Waals surface area contributed by atoms with Crippen LogP contribution in [0.2, 0.25) is 0 Å². The van der Waals surface area contributed by atoms with E-state index in [9.17, 15) is 0 Å². The number of pyridine rings is 1. The molecule has 0 fully saturated rings. The fourth-order valence-electron chi connectivity index (χ4n) is 2.45. The third kappa shape index (κ3) is 2.70. The van der Waals surface area contributed by atoms with E-state index in [0.717, 1.165) is 5.56 Å². The lowest BCUT2D eigenvalue weighted by Crippen LogP contribution is -2.31. The molecule has 1 aromatic carbocycles. The Balaban J connectivity index is 2.70. The summed E-state index contributed by atoms with van der Waals surface area (Å²) in [7, 11) is 2.06. The Labute approximate surface area is 118 Å². The average molecular weight is 255 g/mol. The smallest absolute Gasteiger partial charge is 0.201 e. The first kappa shape index (κ1) is 12.4. The normalized spacial score (nSPS) is 12.4. The first-order chi connectivity index (χ1) is 9.20. The van der Waals surface area contributed by atoms with Crippen molar-refractivity contribution in [3.63, 3.8) is 0 Å². The van der Waals surface area contributed by atoms with E-state index >= 15 is 0 Å². The van der Waals surface area contributed by atoms with Gasteiger partial charge in [0.05, 0.1) is 0 Å². The highest BCUT2D eigenvalue weighted by Crippen LogP contribution is 2.26. The van der Waals surface area contributed by atoms with Crippen molar-refractivity contribution in [3.8, 4) is 11.3 Å². The van der Waals surface area contributed by atoms with E-state index in [4.69, 9.17) is 1.37 Å². The second-order valence-electron chi connectivity index (χ2n) is 5.67. The van der Waals surface area contributed by atoms with Crippen LogP contribution in [-0.2, 0) is 7.05 Å². The van der Waals surface area contributed by atoms with Gasteiger partial charge in [-0.05, 0) is 49.4 Å². The topological polar surface area (TPSA) is 3.88 Å². The standard InChI is InChI=1S/C18H24N/c1-12(2)16-7-8-19(6)18(11-16)17-10-13(3)9-14(4)15(17)5/h7-12H,1-6H3/q+1/i12D. The summed E-state index contributed by atoms with van der Waals surface area (Å²) in [6, 6.07) is 8.64. The Morgan fingerprint density at radius 2 is 1.79 bits per heavy atom. The van der Waals surface area contributed by atoms with Crippen LogP contribution in [-0.4, -0.2) is 0 Å². The fourth-order valence-corrected chi connectivity index (χ4v) is 2.45. The largest absolute Gasteiger partial charge is 0.212 e. The van der Waals surface area contributed by atoms with Gasteiger partial charge >= 0.3 is 0 Å². The summed E-state index contributed by atoms with van der Waals surface area (Å²) in [5.74, 6) is -0.574. The van der Waals surface area contributed by atoms with Crippen molar-refractivity contribution >= 4 is 0 Å². The first-order valence-corrected chi connectivity index (χ1v) is 6.78. The monoisotopic (exact) mass is 255 g/mol. The highest BCUT2D eigenvalue weighted by Gasteiger charge is 2.15. The lowest BCUT2D eigenvalue weighted by molar-refractivity contribution is -0.660. The van der Waals surface area contributed by atoms with Crippen LogP contribution in [0.25, 0.3) is 11.3 Å². The second kappa shape index (κ2) is 5.16. The van der Waals surface area contributed by atoms with E-state index < -0.39 is 5.89 Å². The third-order valence-corrected chi connectivity index (χ3v) is 3.81. The molecule has 19 heavy (non-hydrogen) atoms. The van der Waals surface area contributed by atoms with Gasteiger partial charge in [0.2, 0.25) is 5.69 Å². The number of aromatic nitrogens is 1. The molecular formula is C18H24N+. The van der Waals surface area contributed by atoms with E-state index in [1.165, 1.54) is 27.9 Å². The fraction of sp³-hybridized carbons (Fsp3) is 0.389. The molecule has 1 heterocycles. The molecule has 0 aliphatic carbocycles. The maximum Gasteiger partial charge on any atom is 0.212 e. The van der Waals surface area contributed by atoms with Crippen LogP contribution in [0.15, 0.2) is 30.5 Å². The predicted molar refractivity (Wildman–Crippen MR) is 81.4 cm³/mol. The minimum Gasteiger partial charge on any atom is -0.201 e. The van der Waals surface area contributed by atoms with Gasteiger partial charge in [0.1, 0.15) is 7.05 Å². The van der Waals surface area contributed by atoms with Crippen molar-refractivity contribution in [2.45, 2.75) is 40.5 Å². The van der Waals surface area contributed by atoms with Crippen LogP contribution in [0.5, 0.6) is 0 Å². The molecule has 1 aromatic heterocycles. The zero-order valence-electron chi connectivity index (χ0n) is 13.8. The van der Waals surface area contributed by atoms with Gasteiger partial charge in [0.15, 0.2) is 6.20 Å². The van der Waals surface area contributed by atoms with Crippen molar-refractivity contribution in [2.75, 3.05) is 0 Å². The van der Waals surface area contributed by atoms with Crippen LogP contribution in [0.4, 0.5) is 0 Å². The predicted octanol–water partition coefficient (Wildman–Crippen LogP) is 4.23. The van der Waals surface area contributed by atoms with E-state index in [1.54, 1.807) is 0 Å². The van der Waals surface area contributed by atoms with Crippen LogP contribution in [0.1, 0.15) is 43.4 Å². The number of aryl methyl sites for hydroxylation is 3. The van der Waals surface area contributed by atoms with Crippen molar-refractivity contribution in [2.24, 2.45) is 7.05 Å². The first-order valence-electron chi connectivity index (χ1n) is 7.28. The van der Waals surface area contributed by atoms with Gasteiger partial charge in [0.25, 0.3) is 0 Å². The SMILES string of the molecule is [2H]C(C)(C)c1cc[n+](C)c(-c2cc(C)cc(C)c2C)c1. The Bertz CT molecular complexity index is 651. The summed E-state index contributed by atoms with van der Waals surface area (Å²) in [4.78, 5) is 0. The minimum absolute atomic E-state index is 0.574. The maximum atomic E-state index is 8.23. The van der Waals surface area contributed by atoms with Crippen LogP contribution < -0.4 is 4.57 Å². The lowest BCUT2D eigenvalue weighted by atomic mass is 9.95. The van der Waals surface area contributed by atoms with Crippen molar-refractivity contribution in [1.82, 2.24) is 0 Å². The molecule has 2 rings (SSSR count). The van der Waals surface area contributed by atoms with Crippen molar-refractivity contribution in [3.05, 3.63) is 52.7 Å². The molecule has 2 aromatic rings. The van der Waals surface area contributed by atoms with Gasteiger partial charge < -0.3 is 0 Å². The van der Waals surface area contributed by atoms with Crippen molar-refractivity contribution in [1.29, 1.82) is 0 Å². The molecule has 0 bridgehead atoms. The Kier molecular flexibility index (Phi) is 3.37. The van der Waals surface area contributed by atoms with Crippen LogP contribution in [0, 0.1) is 20.8 Å². The lowest BCUT2D eigenvalue weighted by Gasteiger charge is -2.11. The molecule has 0 aliphatic heterocycles.